The third kappa shape index (κ3) is 3.28. The van der Waals surface area contributed by atoms with E-state index in [9.17, 15) is 14.5 Å². The van der Waals surface area contributed by atoms with Crippen LogP contribution in [0.5, 0.6) is 5.75 Å². The minimum absolute atomic E-state index is 0.0900. The molecule has 2 aromatic carbocycles. The molecule has 0 amide bonds. The first-order valence-corrected chi connectivity index (χ1v) is 6.33. The molecule has 0 bridgehead atoms. The first-order chi connectivity index (χ1) is 10.0. The maximum Gasteiger partial charge on any atom is 0.311 e. The molecular weight excluding hydrogens is 275 g/mol. The second kappa shape index (κ2) is 6.21. The van der Waals surface area contributed by atoms with Crippen LogP contribution in [0.1, 0.15) is 11.1 Å². The van der Waals surface area contributed by atoms with E-state index in [2.05, 4.69) is 5.32 Å². The van der Waals surface area contributed by atoms with Gasteiger partial charge in [-0.05, 0) is 30.7 Å². The molecule has 0 unspecified atom stereocenters. The lowest BCUT2D eigenvalue weighted by Crippen LogP contribution is -2.03. The zero-order valence-electron chi connectivity index (χ0n) is 11.7. The van der Waals surface area contributed by atoms with Gasteiger partial charge < -0.3 is 10.1 Å². The molecule has 5 nitrogen and oxygen atoms in total. The van der Waals surface area contributed by atoms with E-state index in [1.54, 1.807) is 31.2 Å². The van der Waals surface area contributed by atoms with Gasteiger partial charge in [0.15, 0.2) is 5.75 Å². The molecule has 21 heavy (non-hydrogen) atoms. The molecule has 110 valence electrons. The van der Waals surface area contributed by atoms with Crippen LogP contribution in [0.3, 0.4) is 0 Å². The Morgan fingerprint density at radius 3 is 2.76 bits per heavy atom. The van der Waals surface area contributed by atoms with Crippen molar-refractivity contribution in [3.8, 4) is 5.75 Å². The molecule has 0 aliphatic heterocycles. The van der Waals surface area contributed by atoms with Gasteiger partial charge in [0.2, 0.25) is 0 Å². The Morgan fingerprint density at radius 2 is 2.10 bits per heavy atom. The molecule has 0 aromatic heterocycles. The summed E-state index contributed by atoms with van der Waals surface area (Å²) in [6.45, 7) is 2.03. The summed E-state index contributed by atoms with van der Waals surface area (Å²) in [5.74, 6) is -0.0774. The van der Waals surface area contributed by atoms with Crippen molar-refractivity contribution in [1.29, 1.82) is 0 Å². The average molecular weight is 290 g/mol. The fourth-order valence-electron chi connectivity index (χ4n) is 1.98. The molecule has 2 rings (SSSR count). The second-order valence-corrected chi connectivity index (χ2v) is 4.53. The lowest BCUT2D eigenvalue weighted by atomic mass is 10.1. The van der Waals surface area contributed by atoms with Crippen LogP contribution in [-0.2, 0) is 6.54 Å². The zero-order valence-corrected chi connectivity index (χ0v) is 11.7. The van der Waals surface area contributed by atoms with Gasteiger partial charge in [-0.25, -0.2) is 4.39 Å². The van der Waals surface area contributed by atoms with Crippen LogP contribution >= 0.6 is 0 Å². The number of benzene rings is 2. The molecule has 0 saturated heterocycles. The highest BCUT2D eigenvalue weighted by Crippen LogP contribution is 2.28. The number of hydrogen-bond donors (Lipinski definition) is 1. The molecule has 0 radical (unpaired) electrons. The van der Waals surface area contributed by atoms with Crippen LogP contribution in [0.4, 0.5) is 15.8 Å². The number of anilines is 1. The summed E-state index contributed by atoms with van der Waals surface area (Å²) in [5.41, 5.74) is 1.80. The molecule has 6 heteroatoms. The Morgan fingerprint density at radius 1 is 1.33 bits per heavy atom. The fourth-order valence-corrected chi connectivity index (χ4v) is 1.98. The van der Waals surface area contributed by atoms with Crippen molar-refractivity contribution in [1.82, 2.24) is 0 Å². The predicted molar refractivity (Wildman–Crippen MR) is 78.1 cm³/mol. The predicted octanol–water partition coefficient (Wildman–Crippen LogP) is 3.66. The number of rotatable bonds is 5. The number of ether oxygens (including phenoxy) is 1. The monoisotopic (exact) mass is 290 g/mol. The lowest BCUT2D eigenvalue weighted by Gasteiger charge is -2.10. The van der Waals surface area contributed by atoms with E-state index < -0.39 is 4.92 Å². The number of methoxy groups -OCH3 is 1. The number of nitrogens with one attached hydrogen (secondary N) is 1. The molecule has 2 aromatic rings. The van der Waals surface area contributed by atoms with Gasteiger partial charge in [-0.1, -0.05) is 12.1 Å². The number of nitro benzene ring substituents is 1. The summed E-state index contributed by atoms with van der Waals surface area (Å²) >= 11 is 0. The Bertz CT molecular complexity index is 674. The number of nitrogens with zero attached hydrogens (tertiary/aromatic N) is 1. The zero-order chi connectivity index (χ0) is 15.4. The molecule has 0 heterocycles. The van der Waals surface area contributed by atoms with E-state index in [1.165, 1.54) is 19.2 Å². The Labute approximate surface area is 121 Å². The molecular formula is C15H15FN2O3. The summed E-state index contributed by atoms with van der Waals surface area (Å²) in [5, 5.41) is 14.0. The van der Waals surface area contributed by atoms with Crippen LogP contribution in [0.25, 0.3) is 0 Å². The van der Waals surface area contributed by atoms with E-state index in [0.717, 1.165) is 0 Å². The molecule has 1 N–H and O–H groups in total. The van der Waals surface area contributed by atoms with Crippen LogP contribution in [-0.4, -0.2) is 12.0 Å². The fraction of sp³-hybridized carbons (Fsp3) is 0.200. The number of halogens is 1. The van der Waals surface area contributed by atoms with E-state index in [1.807, 2.05) is 0 Å². The molecule has 0 spiro atoms. The largest absolute Gasteiger partial charge is 0.490 e. The van der Waals surface area contributed by atoms with Gasteiger partial charge in [0.05, 0.1) is 12.0 Å². The highest BCUT2D eigenvalue weighted by atomic mass is 19.1. The van der Waals surface area contributed by atoms with Gasteiger partial charge in [0.25, 0.3) is 0 Å². The van der Waals surface area contributed by atoms with Crippen LogP contribution in [0.2, 0.25) is 0 Å². The van der Waals surface area contributed by atoms with E-state index >= 15 is 0 Å². The van der Waals surface area contributed by atoms with Gasteiger partial charge in [-0.15, -0.1) is 0 Å². The molecule has 0 aliphatic carbocycles. The van der Waals surface area contributed by atoms with Gasteiger partial charge in [0.1, 0.15) is 5.82 Å². The highest BCUT2D eigenvalue weighted by molar-refractivity contribution is 5.53. The maximum atomic E-state index is 13.4. The third-order valence-electron chi connectivity index (χ3n) is 3.19. The van der Waals surface area contributed by atoms with Crippen molar-refractivity contribution < 1.29 is 14.1 Å². The van der Waals surface area contributed by atoms with Crippen molar-refractivity contribution in [2.75, 3.05) is 12.4 Å². The van der Waals surface area contributed by atoms with Gasteiger partial charge in [-0.2, -0.15) is 0 Å². The summed E-state index contributed by atoms with van der Waals surface area (Å²) in [4.78, 5) is 10.5. The van der Waals surface area contributed by atoms with Crippen LogP contribution in [0, 0.1) is 22.9 Å². The first kappa shape index (κ1) is 14.8. The lowest BCUT2D eigenvalue weighted by molar-refractivity contribution is -0.385. The molecule has 0 saturated carbocycles. The quantitative estimate of drug-likeness (QED) is 0.674. The minimum atomic E-state index is -0.490. The normalized spacial score (nSPS) is 10.2. The summed E-state index contributed by atoms with van der Waals surface area (Å²) in [6, 6.07) is 9.48. The number of nitro groups is 1. The van der Waals surface area contributed by atoms with E-state index in [4.69, 9.17) is 4.74 Å². The molecule has 0 fully saturated rings. The molecule has 0 aliphatic rings. The van der Waals surface area contributed by atoms with E-state index in [-0.39, 0.29) is 17.3 Å². The van der Waals surface area contributed by atoms with Crippen molar-refractivity contribution in [3.05, 3.63) is 63.5 Å². The van der Waals surface area contributed by atoms with Crippen LogP contribution < -0.4 is 10.1 Å². The first-order valence-electron chi connectivity index (χ1n) is 6.33. The standard InChI is InChI=1S/C15H15FN2O3/c1-10-12(16)4-3-5-13(10)17-9-11-6-7-15(21-2)14(8-11)18(19)20/h3-8,17H,9H2,1-2H3. The molecule has 0 atom stereocenters. The highest BCUT2D eigenvalue weighted by Gasteiger charge is 2.15. The Hall–Kier alpha value is -2.63. The third-order valence-corrected chi connectivity index (χ3v) is 3.19. The van der Waals surface area contributed by atoms with Crippen molar-refractivity contribution >= 4 is 11.4 Å². The van der Waals surface area contributed by atoms with Crippen molar-refractivity contribution in [2.24, 2.45) is 0 Å². The minimum Gasteiger partial charge on any atom is -0.490 e. The Kier molecular flexibility index (Phi) is 4.37. The second-order valence-electron chi connectivity index (χ2n) is 4.53. The van der Waals surface area contributed by atoms with Gasteiger partial charge >= 0.3 is 5.69 Å². The summed E-state index contributed by atoms with van der Waals surface area (Å²) in [7, 11) is 1.39. The Balaban J connectivity index is 2.19. The van der Waals surface area contributed by atoms with Crippen LogP contribution in [0.15, 0.2) is 36.4 Å². The topological polar surface area (TPSA) is 64.4 Å². The van der Waals surface area contributed by atoms with E-state index in [0.29, 0.717) is 23.4 Å². The van der Waals surface area contributed by atoms with Gasteiger partial charge in [0, 0.05) is 23.9 Å². The van der Waals surface area contributed by atoms with Crippen molar-refractivity contribution in [2.45, 2.75) is 13.5 Å². The summed E-state index contributed by atoms with van der Waals surface area (Å²) in [6.07, 6.45) is 0. The smallest absolute Gasteiger partial charge is 0.311 e. The SMILES string of the molecule is COc1ccc(CNc2cccc(F)c2C)cc1[N+](=O)[O-]. The number of hydrogen-bond acceptors (Lipinski definition) is 4. The summed E-state index contributed by atoms with van der Waals surface area (Å²) < 4.78 is 18.4. The van der Waals surface area contributed by atoms with Crippen molar-refractivity contribution in [3.63, 3.8) is 0 Å². The van der Waals surface area contributed by atoms with Gasteiger partial charge in [-0.3, -0.25) is 10.1 Å². The average Bonchev–Trinajstić information content (AvgIpc) is 2.48. The maximum absolute atomic E-state index is 13.4.